The molecule has 0 aromatic heterocycles. The Hall–Kier alpha value is -0.470. The molecule has 0 spiro atoms. The molecule has 19 heavy (non-hydrogen) atoms. The molecule has 1 heterocycles. The van der Waals surface area contributed by atoms with Crippen molar-refractivity contribution >= 4 is 11.8 Å². The van der Waals surface area contributed by atoms with Crippen LogP contribution in [0.2, 0.25) is 0 Å². The zero-order valence-electron chi connectivity index (χ0n) is 11.9. The van der Waals surface area contributed by atoms with Crippen LogP contribution in [-0.4, -0.2) is 18.3 Å². The second kappa shape index (κ2) is 6.32. The van der Waals surface area contributed by atoms with Crippen LogP contribution in [0.4, 0.5) is 0 Å². The Labute approximate surface area is 121 Å². The number of rotatable bonds is 4. The molecule has 2 unspecified atom stereocenters. The van der Waals surface area contributed by atoms with Crippen LogP contribution in [0, 0.1) is 5.92 Å². The lowest BCUT2D eigenvalue weighted by Gasteiger charge is -2.35. The first-order valence-corrected chi connectivity index (χ1v) is 8.84. The summed E-state index contributed by atoms with van der Waals surface area (Å²) in [6.07, 6.45) is 7.19. The minimum atomic E-state index is 0.696. The van der Waals surface area contributed by atoms with Gasteiger partial charge in [-0.25, -0.2) is 0 Å². The highest BCUT2D eigenvalue weighted by Crippen LogP contribution is 2.44. The fourth-order valence-corrected chi connectivity index (χ4v) is 5.16. The van der Waals surface area contributed by atoms with E-state index in [9.17, 15) is 0 Å². The molecule has 0 bridgehead atoms. The fourth-order valence-electron chi connectivity index (χ4n) is 3.85. The maximum Gasteiger partial charge on any atom is 0.0172 e. The lowest BCUT2D eigenvalue weighted by molar-refractivity contribution is 0.249. The van der Waals surface area contributed by atoms with Crippen LogP contribution < -0.4 is 5.32 Å². The van der Waals surface area contributed by atoms with Crippen LogP contribution >= 0.6 is 11.8 Å². The van der Waals surface area contributed by atoms with Gasteiger partial charge in [0.05, 0.1) is 0 Å². The van der Waals surface area contributed by atoms with Gasteiger partial charge in [0.15, 0.2) is 0 Å². The normalized spacial score (nSPS) is 25.2. The lowest BCUT2D eigenvalue weighted by Crippen LogP contribution is -2.42. The highest BCUT2D eigenvalue weighted by molar-refractivity contribution is 7.99. The number of fused-ring (bicyclic) bond motifs is 1. The van der Waals surface area contributed by atoms with Gasteiger partial charge in [-0.05, 0) is 36.9 Å². The van der Waals surface area contributed by atoms with E-state index in [2.05, 4.69) is 48.3 Å². The number of nitrogens with one attached hydrogen (secondary N) is 1. The third-order valence-electron chi connectivity index (χ3n) is 4.77. The second-order valence-electron chi connectivity index (χ2n) is 5.94. The third-order valence-corrected chi connectivity index (χ3v) is 5.98. The van der Waals surface area contributed by atoms with Gasteiger partial charge in [-0.15, -0.1) is 11.8 Å². The molecule has 2 atom stereocenters. The number of likely N-dealkylation sites (N-methyl/N-ethyl adjacent to an activating group) is 1. The molecule has 1 saturated carbocycles. The van der Waals surface area contributed by atoms with E-state index in [4.69, 9.17) is 0 Å². The maximum absolute atomic E-state index is 3.82. The van der Waals surface area contributed by atoms with Crippen molar-refractivity contribution in [2.45, 2.75) is 55.9 Å². The summed E-state index contributed by atoms with van der Waals surface area (Å²) in [4.78, 5) is 1.52. The van der Waals surface area contributed by atoms with Crippen molar-refractivity contribution in [3.05, 3.63) is 29.8 Å². The summed E-state index contributed by atoms with van der Waals surface area (Å²) < 4.78 is 0. The SMILES string of the molecule is CCNC(C1CCCCC1)C1CSc2ccccc21. The third kappa shape index (κ3) is 2.85. The van der Waals surface area contributed by atoms with Crippen LogP contribution in [0.3, 0.4) is 0 Å². The van der Waals surface area contributed by atoms with E-state index in [-0.39, 0.29) is 0 Å². The van der Waals surface area contributed by atoms with Gasteiger partial charge in [-0.2, -0.15) is 0 Å². The Bertz CT molecular complexity index is 411. The summed E-state index contributed by atoms with van der Waals surface area (Å²) in [7, 11) is 0. The molecule has 0 amide bonds. The molecule has 1 N–H and O–H groups in total. The Morgan fingerprint density at radius 3 is 2.79 bits per heavy atom. The largest absolute Gasteiger partial charge is 0.313 e. The molecule has 1 aliphatic heterocycles. The number of benzene rings is 1. The smallest absolute Gasteiger partial charge is 0.0172 e. The quantitative estimate of drug-likeness (QED) is 0.872. The molecule has 2 heteroatoms. The fraction of sp³-hybridized carbons (Fsp3) is 0.647. The average molecular weight is 275 g/mol. The molecule has 1 fully saturated rings. The van der Waals surface area contributed by atoms with Gasteiger partial charge in [0.2, 0.25) is 0 Å². The molecule has 3 rings (SSSR count). The van der Waals surface area contributed by atoms with Crippen molar-refractivity contribution in [1.82, 2.24) is 5.32 Å². The molecular formula is C17H25NS. The average Bonchev–Trinajstić information content (AvgIpc) is 2.89. The number of thioether (sulfide) groups is 1. The zero-order chi connectivity index (χ0) is 13.1. The van der Waals surface area contributed by atoms with E-state index in [1.807, 2.05) is 0 Å². The van der Waals surface area contributed by atoms with Crippen LogP contribution in [0.5, 0.6) is 0 Å². The molecule has 1 aromatic carbocycles. The zero-order valence-corrected chi connectivity index (χ0v) is 12.7. The first-order chi connectivity index (χ1) is 9.40. The van der Waals surface area contributed by atoms with E-state index < -0.39 is 0 Å². The van der Waals surface area contributed by atoms with Gasteiger partial charge in [-0.3, -0.25) is 0 Å². The lowest BCUT2D eigenvalue weighted by atomic mass is 9.77. The van der Waals surface area contributed by atoms with Crippen LogP contribution in [0.15, 0.2) is 29.2 Å². The summed E-state index contributed by atoms with van der Waals surface area (Å²) >= 11 is 2.05. The topological polar surface area (TPSA) is 12.0 Å². The Balaban J connectivity index is 1.80. The van der Waals surface area contributed by atoms with Crippen LogP contribution in [0.25, 0.3) is 0 Å². The number of hydrogen-bond acceptors (Lipinski definition) is 2. The van der Waals surface area contributed by atoms with Crippen molar-refractivity contribution in [3.8, 4) is 0 Å². The minimum absolute atomic E-state index is 0.696. The summed E-state index contributed by atoms with van der Waals surface area (Å²) in [5.41, 5.74) is 1.60. The predicted octanol–water partition coefficient (Wildman–Crippen LogP) is 4.43. The maximum atomic E-state index is 3.82. The standard InChI is InChI=1S/C17H25NS/c1-2-18-17(13-8-4-3-5-9-13)15-12-19-16-11-7-6-10-14(15)16/h6-7,10-11,13,15,17-18H,2-5,8-9,12H2,1H3. The Kier molecular flexibility index (Phi) is 4.49. The van der Waals surface area contributed by atoms with Gasteiger partial charge in [-0.1, -0.05) is 44.4 Å². The molecular weight excluding hydrogens is 250 g/mol. The summed E-state index contributed by atoms with van der Waals surface area (Å²) in [6.45, 7) is 3.36. The summed E-state index contributed by atoms with van der Waals surface area (Å²) in [6, 6.07) is 9.73. The predicted molar refractivity (Wildman–Crippen MR) is 83.9 cm³/mol. The molecule has 2 aliphatic rings. The molecule has 0 saturated heterocycles. The second-order valence-corrected chi connectivity index (χ2v) is 7.00. The van der Waals surface area contributed by atoms with E-state index in [0.717, 1.165) is 18.4 Å². The van der Waals surface area contributed by atoms with Crippen LogP contribution in [-0.2, 0) is 0 Å². The summed E-state index contributed by atoms with van der Waals surface area (Å²) in [5.74, 6) is 2.89. The van der Waals surface area contributed by atoms with E-state index in [1.54, 1.807) is 5.56 Å². The Morgan fingerprint density at radius 1 is 1.21 bits per heavy atom. The first-order valence-electron chi connectivity index (χ1n) is 7.85. The molecule has 0 radical (unpaired) electrons. The minimum Gasteiger partial charge on any atom is -0.313 e. The van der Waals surface area contributed by atoms with Gasteiger partial charge in [0.1, 0.15) is 0 Å². The molecule has 1 aliphatic carbocycles. The van der Waals surface area contributed by atoms with Crippen LogP contribution in [0.1, 0.15) is 50.5 Å². The van der Waals surface area contributed by atoms with Crippen molar-refractivity contribution in [2.24, 2.45) is 5.92 Å². The molecule has 1 aromatic rings. The number of hydrogen-bond donors (Lipinski definition) is 1. The van der Waals surface area contributed by atoms with Gasteiger partial charge >= 0.3 is 0 Å². The monoisotopic (exact) mass is 275 g/mol. The van der Waals surface area contributed by atoms with Crippen molar-refractivity contribution in [2.75, 3.05) is 12.3 Å². The van der Waals surface area contributed by atoms with Crippen molar-refractivity contribution in [3.63, 3.8) is 0 Å². The highest BCUT2D eigenvalue weighted by atomic mass is 32.2. The van der Waals surface area contributed by atoms with Gasteiger partial charge < -0.3 is 5.32 Å². The van der Waals surface area contributed by atoms with E-state index in [0.29, 0.717) is 6.04 Å². The van der Waals surface area contributed by atoms with Gasteiger partial charge in [0, 0.05) is 22.6 Å². The van der Waals surface area contributed by atoms with Crippen molar-refractivity contribution < 1.29 is 0 Å². The molecule has 104 valence electrons. The van der Waals surface area contributed by atoms with Crippen molar-refractivity contribution in [1.29, 1.82) is 0 Å². The van der Waals surface area contributed by atoms with Gasteiger partial charge in [0.25, 0.3) is 0 Å². The molecule has 1 nitrogen and oxygen atoms in total. The van der Waals surface area contributed by atoms with E-state index >= 15 is 0 Å². The van der Waals surface area contributed by atoms with E-state index in [1.165, 1.54) is 42.8 Å². The first kappa shape index (κ1) is 13.5. The highest BCUT2D eigenvalue weighted by Gasteiger charge is 2.34. The summed E-state index contributed by atoms with van der Waals surface area (Å²) in [5, 5.41) is 3.82. The Morgan fingerprint density at radius 2 is 2.00 bits per heavy atom.